The highest BCUT2D eigenvalue weighted by molar-refractivity contribution is 7.89. The Bertz CT molecular complexity index is 626. The Balaban J connectivity index is 0.00000128. The molecule has 2 rings (SSSR count). The number of rotatable bonds is 1. The van der Waals surface area contributed by atoms with E-state index in [9.17, 15) is 8.42 Å². The summed E-state index contributed by atoms with van der Waals surface area (Å²) in [7, 11) is -3.66. The van der Waals surface area contributed by atoms with Gasteiger partial charge in [-0.05, 0) is 17.9 Å². The Labute approximate surface area is 113 Å². The van der Waals surface area contributed by atoms with E-state index in [-0.39, 0.29) is 29.7 Å². The Hall–Kier alpha value is -0.810. The molecule has 0 aliphatic rings. The molecule has 0 atom stereocenters. The largest absolute Gasteiger partial charge is 0.238 e. The average molecular weight is 294 g/mol. The molecule has 2 N–H and O–H groups in total. The molecule has 0 unspecified atom stereocenters. The van der Waals surface area contributed by atoms with Gasteiger partial charge in [-0.3, -0.25) is 0 Å². The van der Waals surface area contributed by atoms with Crippen LogP contribution in [-0.2, 0) is 10.0 Å². The smallest absolute Gasteiger partial charge is 0.225 e. The van der Waals surface area contributed by atoms with Gasteiger partial charge >= 0.3 is 0 Å². The number of fused-ring (bicyclic) bond motifs is 1. The molecule has 94 valence electrons. The fourth-order valence-electron chi connectivity index (χ4n) is 1.73. The molecular formula is C11H13Cl2NO2S. The van der Waals surface area contributed by atoms with Crippen molar-refractivity contribution in [2.75, 3.05) is 0 Å². The summed E-state index contributed by atoms with van der Waals surface area (Å²) in [5.74, 6) is 0. The van der Waals surface area contributed by atoms with Crippen LogP contribution in [0.1, 0.15) is 5.56 Å². The minimum atomic E-state index is -3.66. The van der Waals surface area contributed by atoms with Crippen LogP contribution >= 0.6 is 24.8 Å². The summed E-state index contributed by atoms with van der Waals surface area (Å²) in [6, 6.07) is 11.0. The Morgan fingerprint density at radius 3 is 2.18 bits per heavy atom. The molecule has 0 fully saturated rings. The topological polar surface area (TPSA) is 60.2 Å². The fourth-order valence-corrected chi connectivity index (χ4v) is 2.74. The van der Waals surface area contributed by atoms with Crippen molar-refractivity contribution >= 4 is 45.6 Å². The van der Waals surface area contributed by atoms with Gasteiger partial charge in [-0.1, -0.05) is 36.4 Å². The number of halogens is 2. The number of primary sulfonamides is 1. The molecule has 6 heteroatoms. The van der Waals surface area contributed by atoms with Gasteiger partial charge in [-0.2, -0.15) is 0 Å². The molecule has 0 aliphatic carbocycles. The van der Waals surface area contributed by atoms with E-state index in [2.05, 4.69) is 0 Å². The van der Waals surface area contributed by atoms with Crippen LogP contribution in [0, 0.1) is 6.92 Å². The van der Waals surface area contributed by atoms with Gasteiger partial charge in [0.2, 0.25) is 10.0 Å². The molecule has 0 heterocycles. The molecule has 0 saturated carbocycles. The molecule has 0 radical (unpaired) electrons. The van der Waals surface area contributed by atoms with Gasteiger partial charge < -0.3 is 0 Å². The monoisotopic (exact) mass is 293 g/mol. The molecule has 2 aromatic rings. The van der Waals surface area contributed by atoms with Crippen LogP contribution in [0.2, 0.25) is 0 Å². The van der Waals surface area contributed by atoms with E-state index in [1.807, 2.05) is 18.2 Å². The minimum Gasteiger partial charge on any atom is -0.225 e. The van der Waals surface area contributed by atoms with Gasteiger partial charge in [0.1, 0.15) is 0 Å². The van der Waals surface area contributed by atoms with Gasteiger partial charge in [0.15, 0.2) is 0 Å². The summed E-state index contributed by atoms with van der Waals surface area (Å²) in [5, 5.41) is 6.76. The third-order valence-electron chi connectivity index (χ3n) is 2.36. The Kier molecular flexibility index (Phi) is 5.42. The fraction of sp³-hybridized carbons (Fsp3) is 0.0909. The number of aryl methyl sites for hydroxylation is 1. The van der Waals surface area contributed by atoms with Crippen LogP contribution < -0.4 is 5.14 Å². The molecule has 2 aromatic carbocycles. The maximum atomic E-state index is 11.4. The van der Waals surface area contributed by atoms with Crippen LogP contribution in [-0.4, -0.2) is 8.42 Å². The SMILES string of the molecule is Cc1ccc2ccccc2c1S(N)(=O)=O.Cl.Cl. The zero-order valence-corrected chi connectivity index (χ0v) is 11.5. The molecule has 0 saturated heterocycles. The van der Waals surface area contributed by atoms with Gasteiger partial charge in [-0.25, -0.2) is 13.6 Å². The van der Waals surface area contributed by atoms with Crippen LogP contribution in [0.15, 0.2) is 41.3 Å². The zero-order valence-electron chi connectivity index (χ0n) is 9.08. The van der Waals surface area contributed by atoms with Crippen molar-refractivity contribution in [2.24, 2.45) is 5.14 Å². The van der Waals surface area contributed by atoms with Crippen molar-refractivity contribution in [1.82, 2.24) is 0 Å². The quantitative estimate of drug-likeness (QED) is 0.879. The van der Waals surface area contributed by atoms with Crippen LogP contribution in [0.4, 0.5) is 0 Å². The second-order valence-electron chi connectivity index (χ2n) is 3.48. The van der Waals surface area contributed by atoms with Crippen molar-refractivity contribution in [3.8, 4) is 0 Å². The highest BCUT2D eigenvalue weighted by Gasteiger charge is 2.14. The van der Waals surface area contributed by atoms with Crippen LogP contribution in [0.5, 0.6) is 0 Å². The van der Waals surface area contributed by atoms with E-state index in [1.165, 1.54) is 0 Å². The zero-order chi connectivity index (χ0) is 11.1. The number of hydrogen-bond donors (Lipinski definition) is 1. The second kappa shape index (κ2) is 5.69. The maximum Gasteiger partial charge on any atom is 0.238 e. The lowest BCUT2D eigenvalue weighted by Crippen LogP contribution is -2.14. The summed E-state index contributed by atoms with van der Waals surface area (Å²) in [5.41, 5.74) is 0.677. The van der Waals surface area contributed by atoms with Gasteiger partial charge in [-0.15, -0.1) is 24.8 Å². The molecule has 3 nitrogen and oxygen atoms in total. The predicted octanol–water partition coefficient (Wildman–Crippen LogP) is 2.64. The van der Waals surface area contributed by atoms with E-state index in [1.54, 1.807) is 25.1 Å². The summed E-state index contributed by atoms with van der Waals surface area (Å²) < 4.78 is 22.9. The Morgan fingerprint density at radius 2 is 1.59 bits per heavy atom. The first-order valence-electron chi connectivity index (χ1n) is 4.51. The van der Waals surface area contributed by atoms with Crippen molar-refractivity contribution in [3.05, 3.63) is 42.0 Å². The number of hydrogen-bond acceptors (Lipinski definition) is 2. The molecule has 0 spiro atoms. The lowest BCUT2D eigenvalue weighted by molar-refractivity contribution is 0.598. The normalized spacial score (nSPS) is 10.5. The third-order valence-corrected chi connectivity index (χ3v) is 3.47. The number of nitrogens with two attached hydrogens (primary N) is 1. The van der Waals surface area contributed by atoms with Crippen molar-refractivity contribution < 1.29 is 8.42 Å². The first-order valence-corrected chi connectivity index (χ1v) is 6.06. The van der Waals surface area contributed by atoms with E-state index in [0.29, 0.717) is 10.9 Å². The molecular weight excluding hydrogens is 281 g/mol. The summed E-state index contributed by atoms with van der Waals surface area (Å²) in [4.78, 5) is 0.223. The van der Waals surface area contributed by atoms with E-state index < -0.39 is 10.0 Å². The second-order valence-corrected chi connectivity index (χ2v) is 4.98. The van der Waals surface area contributed by atoms with Gasteiger partial charge in [0, 0.05) is 5.39 Å². The molecule has 0 aliphatic heterocycles. The van der Waals surface area contributed by atoms with Crippen molar-refractivity contribution in [1.29, 1.82) is 0 Å². The van der Waals surface area contributed by atoms with Crippen LogP contribution in [0.25, 0.3) is 10.8 Å². The molecule has 0 amide bonds. The van der Waals surface area contributed by atoms with Crippen molar-refractivity contribution in [2.45, 2.75) is 11.8 Å². The first kappa shape index (κ1) is 16.2. The summed E-state index contributed by atoms with van der Waals surface area (Å²) >= 11 is 0. The predicted molar refractivity (Wildman–Crippen MR) is 74.6 cm³/mol. The van der Waals surface area contributed by atoms with Crippen molar-refractivity contribution in [3.63, 3.8) is 0 Å². The number of benzene rings is 2. The first-order chi connectivity index (χ1) is 7.00. The molecule has 17 heavy (non-hydrogen) atoms. The van der Waals surface area contributed by atoms with Crippen LogP contribution in [0.3, 0.4) is 0 Å². The van der Waals surface area contributed by atoms with Gasteiger partial charge in [0.25, 0.3) is 0 Å². The lowest BCUT2D eigenvalue weighted by atomic mass is 10.1. The standard InChI is InChI=1S/C11H11NO2S.2ClH/c1-8-6-7-9-4-2-3-5-10(9)11(8)15(12,13)14;;/h2-7H,1H3,(H2,12,13,14);2*1H. The highest BCUT2D eigenvalue weighted by Crippen LogP contribution is 2.25. The average Bonchev–Trinajstić information content (AvgIpc) is 2.15. The minimum absolute atomic E-state index is 0. The Morgan fingerprint density at radius 1 is 1.00 bits per heavy atom. The maximum absolute atomic E-state index is 11.4. The summed E-state index contributed by atoms with van der Waals surface area (Å²) in [6.45, 7) is 1.74. The van der Waals surface area contributed by atoms with E-state index in [0.717, 1.165) is 5.39 Å². The van der Waals surface area contributed by atoms with E-state index >= 15 is 0 Å². The van der Waals surface area contributed by atoms with Gasteiger partial charge in [0.05, 0.1) is 4.90 Å². The summed E-state index contributed by atoms with van der Waals surface area (Å²) in [6.07, 6.45) is 0. The number of sulfonamides is 1. The third kappa shape index (κ3) is 3.10. The molecule has 0 aromatic heterocycles. The lowest BCUT2D eigenvalue weighted by Gasteiger charge is -2.07. The van der Waals surface area contributed by atoms with E-state index in [4.69, 9.17) is 5.14 Å². The highest BCUT2D eigenvalue weighted by atomic mass is 35.5. The molecule has 0 bridgehead atoms.